The quantitative estimate of drug-likeness (QED) is 0.835. The van der Waals surface area contributed by atoms with Crippen molar-refractivity contribution in [2.24, 2.45) is 0 Å². The van der Waals surface area contributed by atoms with Crippen molar-refractivity contribution in [1.82, 2.24) is 0 Å². The average molecular weight is 254 g/mol. The largest absolute Gasteiger partial charge is 0.478 e. The van der Waals surface area contributed by atoms with E-state index in [1.54, 1.807) is 19.9 Å². The first-order valence-corrected chi connectivity index (χ1v) is 6.71. The number of aromatic carboxylic acids is 1. The van der Waals surface area contributed by atoms with Gasteiger partial charge in [-0.1, -0.05) is 18.2 Å². The van der Waals surface area contributed by atoms with Gasteiger partial charge in [-0.05, 0) is 31.5 Å². The highest BCUT2D eigenvalue weighted by Gasteiger charge is 2.17. The Hall–Kier alpha value is -1.62. The molecular weight excluding hydrogens is 240 g/mol. The van der Waals surface area contributed by atoms with E-state index in [0.717, 1.165) is 0 Å². The maximum atomic E-state index is 11.9. The van der Waals surface area contributed by atoms with Crippen LogP contribution in [-0.2, 0) is 9.84 Å². The molecule has 0 unspecified atom stereocenters. The number of allylic oxidation sites excluding steroid dienone is 1. The van der Waals surface area contributed by atoms with E-state index in [-0.39, 0.29) is 16.2 Å². The maximum absolute atomic E-state index is 11.9. The number of carboxylic acid groups (broad SMARTS) is 1. The SMILES string of the molecule is C/C=C/CS(=O)(=O)c1cc(C(=O)O)ccc1C. The molecule has 0 aliphatic rings. The Bertz CT molecular complexity index is 556. The molecule has 1 aromatic carbocycles. The van der Waals surface area contributed by atoms with Crippen LogP contribution in [0, 0.1) is 6.92 Å². The van der Waals surface area contributed by atoms with Crippen molar-refractivity contribution in [1.29, 1.82) is 0 Å². The van der Waals surface area contributed by atoms with Crippen molar-refractivity contribution in [2.45, 2.75) is 18.7 Å². The van der Waals surface area contributed by atoms with Crippen LogP contribution in [0.5, 0.6) is 0 Å². The van der Waals surface area contributed by atoms with E-state index in [4.69, 9.17) is 5.11 Å². The van der Waals surface area contributed by atoms with E-state index in [0.29, 0.717) is 5.56 Å². The van der Waals surface area contributed by atoms with Crippen LogP contribution in [0.4, 0.5) is 0 Å². The topological polar surface area (TPSA) is 71.4 Å². The van der Waals surface area contributed by atoms with Gasteiger partial charge in [0.1, 0.15) is 0 Å². The number of carboxylic acids is 1. The van der Waals surface area contributed by atoms with E-state index in [2.05, 4.69) is 0 Å². The number of hydrogen-bond donors (Lipinski definition) is 1. The van der Waals surface area contributed by atoms with Gasteiger partial charge in [-0.3, -0.25) is 0 Å². The normalized spacial score (nSPS) is 11.9. The van der Waals surface area contributed by atoms with Gasteiger partial charge in [-0.25, -0.2) is 13.2 Å². The molecule has 0 spiro atoms. The van der Waals surface area contributed by atoms with Crippen molar-refractivity contribution >= 4 is 15.8 Å². The molecule has 0 radical (unpaired) electrons. The molecule has 0 bridgehead atoms. The number of carbonyl (C=O) groups is 1. The molecule has 17 heavy (non-hydrogen) atoms. The van der Waals surface area contributed by atoms with Crippen LogP contribution in [0.25, 0.3) is 0 Å². The van der Waals surface area contributed by atoms with E-state index in [9.17, 15) is 13.2 Å². The summed E-state index contributed by atoms with van der Waals surface area (Å²) in [5.41, 5.74) is 0.536. The van der Waals surface area contributed by atoms with Crippen LogP contribution in [0.3, 0.4) is 0 Å². The number of hydrogen-bond acceptors (Lipinski definition) is 3. The maximum Gasteiger partial charge on any atom is 0.335 e. The smallest absolute Gasteiger partial charge is 0.335 e. The molecular formula is C12H14O4S. The lowest BCUT2D eigenvalue weighted by molar-refractivity contribution is 0.0696. The third-order valence-corrected chi connectivity index (χ3v) is 4.06. The summed E-state index contributed by atoms with van der Waals surface area (Å²) in [5.74, 6) is -1.25. The third-order valence-electron chi connectivity index (χ3n) is 2.32. The molecule has 1 rings (SSSR count). The monoisotopic (exact) mass is 254 g/mol. The Morgan fingerprint density at radius 3 is 2.59 bits per heavy atom. The van der Waals surface area contributed by atoms with Crippen LogP contribution in [0.15, 0.2) is 35.2 Å². The molecule has 0 atom stereocenters. The van der Waals surface area contributed by atoms with Crippen LogP contribution in [0.1, 0.15) is 22.8 Å². The Balaban J connectivity index is 3.30. The molecule has 0 fully saturated rings. The number of benzene rings is 1. The summed E-state index contributed by atoms with van der Waals surface area (Å²) in [6, 6.07) is 4.11. The van der Waals surface area contributed by atoms with Crippen molar-refractivity contribution in [2.75, 3.05) is 5.75 Å². The Morgan fingerprint density at radius 1 is 1.41 bits per heavy atom. The highest BCUT2D eigenvalue weighted by atomic mass is 32.2. The van der Waals surface area contributed by atoms with E-state index in [1.165, 1.54) is 24.3 Å². The molecule has 0 saturated carbocycles. The van der Waals surface area contributed by atoms with Gasteiger partial charge in [0, 0.05) is 0 Å². The third kappa shape index (κ3) is 3.17. The molecule has 0 amide bonds. The zero-order valence-electron chi connectivity index (χ0n) is 9.67. The zero-order valence-corrected chi connectivity index (χ0v) is 10.5. The summed E-state index contributed by atoms with van der Waals surface area (Å²) >= 11 is 0. The molecule has 4 nitrogen and oxygen atoms in total. The first-order valence-electron chi connectivity index (χ1n) is 5.06. The lowest BCUT2D eigenvalue weighted by atomic mass is 10.1. The first kappa shape index (κ1) is 13.4. The second-order valence-corrected chi connectivity index (χ2v) is 5.64. The highest BCUT2D eigenvalue weighted by Crippen LogP contribution is 2.18. The van der Waals surface area contributed by atoms with E-state index >= 15 is 0 Å². The molecule has 1 aromatic rings. The molecule has 1 N–H and O–H groups in total. The molecule has 92 valence electrons. The zero-order chi connectivity index (χ0) is 13.1. The van der Waals surface area contributed by atoms with Gasteiger partial charge in [0.2, 0.25) is 0 Å². The summed E-state index contributed by atoms with van der Waals surface area (Å²) in [6.07, 6.45) is 3.18. The molecule has 0 saturated heterocycles. The summed E-state index contributed by atoms with van der Waals surface area (Å²) in [5, 5.41) is 8.83. The van der Waals surface area contributed by atoms with Crippen LogP contribution >= 0.6 is 0 Å². The summed E-state index contributed by atoms with van der Waals surface area (Å²) in [6.45, 7) is 3.38. The fraction of sp³-hybridized carbons (Fsp3) is 0.250. The van der Waals surface area contributed by atoms with Gasteiger partial charge in [-0.15, -0.1) is 0 Å². The lowest BCUT2D eigenvalue weighted by Crippen LogP contribution is -2.08. The molecule has 0 aliphatic heterocycles. The van der Waals surface area contributed by atoms with Crippen LogP contribution < -0.4 is 0 Å². The number of aryl methyl sites for hydroxylation is 1. The summed E-state index contributed by atoms with van der Waals surface area (Å²) in [7, 11) is -3.46. The Morgan fingerprint density at radius 2 is 2.06 bits per heavy atom. The van der Waals surface area contributed by atoms with Crippen molar-refractivity contribution in [3.8, 4) is 0 Å². The highest BCUT2D eigenvalue weighted by molar-refractivity contribution is 7.91. The van der Waals surface area contributed by atoms with Gasteiger partial charge in [0.15, 0.2) is 9.84 Å². The standard InChI is InChI=1S/C12H14O4S/c1-3-4-7-17(15,16)11-8-10(12(13)14)6-5-9(11)2/h3-6,8H,7H2,1-2H3,(H,13,14)/b4-3+. The van der Waals surface area contributed by atoms with Crippen molar-refractivity contribution in [3.05, 3.63) is 41.5 Å². The van der Waals surface area contributed by atoms with Crippen molar-refractivity contribution < 1.29 is 18.3 Å². The molecule has 5 heteroatoms. The lowest BCUT2D eigenvalue weighted by Gasteiger charge is -2.06. The van der Waals surface area contributed by atoms with Gasteiger partial charge in [-0.2, -0.15) is 0 Å². The average Bonchev–Trinajstić information content (AvgIpc) is 2.26. The summed E-state index contributed by atoms with van der Waals surface area (Å²) in [4.78, 5) is 10.9. The van der Waals surface area contributed by atoms with Crippen LogP contribution in [0.2, 0.25) is 0 Å². The van der Waals surface area contributed by atoms with Gasteiger partial charge in [0.05, 0.1) is 16.2 Å². The van der Waals surface area contributed by atoms with Crippen LogP contribution in [-0.4, -0.2) is 25.2 Å². The van der Waals surface area contributed by atoms with Gasteiger partial charge in [0.25, 0.3) is 0 Å². The predicted molar refractivity (Wildman–Crippen MR) is 65.0 cm³/mol. The number of sulfone groups is 1. The fourth-order valence-corrected chi connectivity index (χ4v) is 2.87. The van der Waals surface area contributed by atoms with Crippen molar-refractivity contribution in [3.63, 3.8) is 0 Å². The first-order chi connectivity index (χ1) is 7.88. The molecule has 0 aromatic heterocycles. The fourth-order valence-electron chi connectivity index (χ4n) is 1.38. The number of rotatable bonds is 4. The predicted octanol–water partition coefficient (Wildman–Crippen LogP) is 2.04. The Labute approximate surface area is 101 Å². The second kappa shape index (κ2) is 5.14. The second-order valence-electron chi connectivity index (χ2n) is 3.64. The van der Waals surface area contributed by atoms with Gasteiger partial charge >= 0.3 is 5.97 Å². The minimum Gasteiger partial charge on any atom is -0.478 e. The molecule has 0 heterocycles. The molecule has 0 aliphatic carbocycles. The Kier molecular flexibility index (Phi) is 4.07. The minimum absolute atomic E-state index is 0.0188. The van der Waals surface area contributed by atoms with E-state index < -0.39 is 15.8 Å². The van der Waals surface area contributed by atoms with E-state index in [1.807, 2.05) is 0 Å². The van der Waals surface area contributed by atoms with Gasteiger partial charge < -0.3 is 5.11 Å². The summed E-state index contributed by atoms with van der Waals surface area (Å²) < 4.78 is 23.9. The minimum atomic E-state index is -3.46.